The lowest BCUT2D eigenvalue weighted by atomic mass is 9.96. The topological polar surface area (TPSA) is 43.7 Å². The highest BCUT2D eigenvalue weighted by Gasteiger charge is 2.22. The molecule has 3 heteroatoms. The first-order valence-corrected chi connectivity index (χ1v) is 6.85. The Kier molecular flexibility index (Phi) is 4.48. The number of benzene rings is 1. The lowest BCUT2D eigenvalue weighted by Gasteiger charge is -2.28. The van der Waals surface area contributed by atoms with Gasteiger partial charge >= 0.3 is 0 Å². The van der Waals surface area contributed by atoms with Gasteiger partial charge in [0.25, 0.3) is 0 Å². The van der Waals surface area contributed by atoms with E-state index < -0.39 is 0 Å². The number of rotatable bonds is 3. The fraction of sp³-hybridized carbons (Fsp3) is 0.600. The lowest BCUT2D eigenvalue weighted by Crippen LogP contribution is -2.32. The van der Waals surface area contributed by atoms with E-state index in [0.29, 0.717) is 11.7 Å². The summed E-state index contributed by atoms with van der Waals surface area (Å²) in [6.07, 6.45) is 5.52. The zero-order valence-electron chi connectivity index (χ0n) is 11.0. The van der Waals surface area contributed by atoms with Crippen LogP contribution in [0.5, 0.6) is 5.75 Å². The van der Waals surface area contributed by atoms with E-state index in [-0.39, 0.29) is 6.10 Å². The first-order chi connectivity index (χ1) is 8.66. The summed E-state index contributed by atoms with van der Waals surface area (Å²) >= 11 is 0. The van der Waals surface area contributed by atoms with Crippen molar-refractivity contribution in [3.05, 3.63) is 24.3 Å². The Bertz CT molecular complexity index is 363. The van der Waals surface area contributed by atoms with Crippen molar-refractivity contribution in [2.45, 2.75) is 38.2 Å². The van der Waals surface area contributed by atoms with E-state index in [1.165, 1.54) is 12.8 Å². The minimum absolute atomic E-state index is 0.160. The fourth-order valence-corrected chi connectivity index (χ4v) is 2.74. The Balaban J connectivity index is 1.97. The van der Waals surface area contributed by atoms with Crippen LogP contribution in [0.2, 0.25) is 0 Å². The van der Waals surface area contributed by atoms with E-state index in [1.807, 2.05) is 19.2 Å². The maximum absolute atomic E-state index is 10.1. The first kappa shape index (κ1) is 13.2. The Morgan fingerprint density at radius 3 is 2.50 bits per heavy atom. The highest BCUT2D eigenvalue weighted by molar-refractivity contribution is 5.48. The van der Waals surface area contributed by atoms with Crippen molar-refractivity contribution in [3.8, 4) is 5.75 Å². The number of aliphatic hydroxyl groups excluding tert-OH is 1. The van der Waals surface area contributed by atoms with E-state index in [2.05, 4.69) is 4.90 Å². The number of phenols is 1. The standard InChI is InChI=1S/C15H23NO2/c1-16(13-7-9-14(17)10-8-13)11-12-5-3-2-4-6-15(12)18/h7-10,12,15,17-18H,2-6,11H2,1H3. The summed E-state index contributed by atoms with van der Waals surface area (Å²) in [5.41, 5.74) is 1.09. The third-order valence-electron chi connectivity index (χ3n) is 3.92. The molecule has 0 bridgehead atoms. The summed E-state index contributed by atoms with van der Waals surface area (Å²) in [4.78, 5) is 2.17. The number of nitrogens with zero attached hydrogens (tertiary/aromatic N) is 1. The predicted molar refractivity (Wildman–Crippen MR) is 74.0 cm³/mol. The minimum atomic E-state index is -0.160. The maximum atomic E-state index is 10.1. The van der Waals surface area contributed by atoms with Crippen molar-refractivity contribution in [2.24, 2.45) is 5.92 Å². The summed E-state index contributed by atoms with van der Waals surface area (Å²) in [6.45, 7) is 0.881. The zero-order valence-corrected chi connectivity index (χ0v) is 11.0. The van der Waals surface area contributed by atoms with Gasteiger partial charge in [-0.15, -0.1) is 0 Å². The highest BCUT2D eigenvalue weighted by Crippen LogP contribution is 2.26. The Morgan fingerprint density at radius 1 is 1.11 bits per heavy atom. The normalized spacial score (nSPS) is 24.6. The molecule has 2 N–H and O–H groups in total. The van der Waals surface area contributed by atoms with Gasteiger partial charge in [-0.2, -0.15) is 0 Å². The number of anilines is 1. The number of aromatic hydroxyl groups is 1. The third kappa shape index (κ3) is 3.39. The van der Waals surface area contributed by atoms with Gasteiger partial charge < -0.3 is 15.1 Å². The summed E-state index contributed by atoms with van der Waals surface area (Å²) in [6, 6.07) is 7.24. The molecule has 0 aromatic heterocycles. The molecule has 3 nitrogen and oxygen atoms in total. The third-order valence-corrected chi connectivity index (χ3v) is 3.92. The molecule has 2 unspecified atom stereocenters. The molecule has 0 aliphatic heterocycles. The molecule has 0 heterocycles. The molecule has 1 aliphatic carbocycles. The average molecular weight is 249 g/mol. The molecule has 18 heavy (non-hydrogen) atoms. The van der Waals surface area contributed by atoms with Crippen molar-refractivity contribution in [1.82, 2.24) is 0 Å². The van der Waals surface area contributed by atoms with E-state index in [0.717, 1.165) is 31.5 Å². The van der Waals surface area contributed by atoms with E-state index >= 15 is 0 Å². The van der Waals surface area contributed by atoms with Gasteiger partial charge in [0.2, 0.25) is 0 Å². The molecule has 1 aromatic carbocycles. The molecule has 0 spiro atoms. The molecule has 1 saturated carbocycles. The smallest absolute Gasteiger partial charge is 0.115 e. The van der Waals surface area contributed by atoms with Gasteiger partial charge in [0.15, 0.2) is 0 Å². The van der Waals surface area contributed by atoms with E-state index in [4.69, 9.17) is 0 Å². The second kappa shape index (κ2) is 6.10. The second-order valence-corrected chi connectivity index (χ2v) is 5.36. The number of hydrogen-bond donors (Lipinski definition) is 2. The van der Waals surface area contributed by atoms with Crippen LogP contribution in [0.15, 0.2) is 24.3 Å². The van der Waals surface area contributed by atoms with Gasteiger partial charge in [0.1, 0.15) is 5.75 Å². The largest absolute Gasteiger partial charge is 0.508 e. The summed E-state index contributed by atoms with van der Waals surface area (Å²) in [5.74, 6) is 0.660. The molecule has 0 amide bonds. The van der Waals surface area contributed by atoms with Crippen LogP contribution in [0.3, 0.4) is 0 Å². The molecule has 0 saturated heterocycles. The lowest BCUT2D eigenvalue weighted by molar-refractivity contribution is 0.104. The minimum Gasteiger partial charge on any atom is -0.508 e. The highest BCUT2D eigenvalue weighted by atomic mass is 16.3. The van der Waals surface area contributed by atoms with Crippen LogP contribution in [-0.2, 0) is 0 Å². The van der Waals surface area contributed by atoms with Gasteiger partial charge in [-0.05, 0) is 37.1 Å². The quantitative estimate of drug-likeness (QED) is 0.810. The van der Waals surface area contributed by atoms with Crippen LogP contribution < -0.4 is 4.90 Å². The average Bonchev–Trinajstić information content (AvgIpc) is 2.56. The molecular weight excluding hydrogens is 226 g/mol. The maximum Gasteiger partial charge on any atom is 0.115 e. The fourth-order valence-electron chi connectivity index (χ4n) is 2.74. The van der Waals surface area contributed by atoms with Crippen molar-refractivity contribution in [3.63, 3.8) is 0 Å². The number of aliphatic hydroxyl groups is 1. The summed E-state index contributed by atoms with van der Waals surface area (Å²) < 4.78 is 0. The Hall–Kier alpha value is -1.22. The molecule has 100 valence electrons. The molecule has 2 rings (SSSR count). The molecule has 1 fully saturated rings. The van der Waals surface area contributed by atoms with Crippen LogP contribution in [0, 0.1) is 5.92 Å². The van der Waals surface area contributed by atoms with Gasteiger partial charge in [0, 0.05) is 25.2 Å². The molecule has 1 aromatic rings. The number of phenolic OH excluding ortho intramolecular Hbond substituents is 1. The predicted octanol–water partition coefficient (Wildman–Crippen LogP) is 2.77. The van der Waals surface area contributed by atoms with Crippen molar-refractivity contribution in [2.75, 3.05) is 18.5 Å². The molecule has 2 atom stereocenters. The molecule has 1 aliphatic rings. The van der Waals surface area contributed by atoms with Gasteiger partial charge in [-0.25, -0.2) is 0 Å². The Labute approximate surface area is 109 Å². The van der Waals surface area contributed by atoms with Crippen LogP contribution in [0.1, 0.15) is 32.1 Å². The van der Waals surface area contributed by atoms with Crippen LogP contribution >= 0.6 is 0 Å². The SMILES string of the molecule is CN(CC1CCCCCC1O)c1ccc(O)cc1. The van der Waals surface area contributed by atoms with Crippen molar-refractivity contribution < 1.29 is 10.2 Å². The summed E-state index contributed by atoms with van der Waals surface area (Å²) in [7, 11) is 2.05. The van der Waals surface area contributed by atoms with E-state index in [9.17, 15) is 10.2 Å². The zero-order chi connectivity index (χ0) is 13.0. The monoisotopic (exact) mass is 249 g/mol. The van der Waals surface area contributed by atoms with Gasteiger partial charge in [-0.3, -0.25) is 0 Å². The van der Waals surface area contributed by atoms with Crippen LogP contribution in [-0.4, -0.2) is 29.9 Å². The van der Waals surface area contributed by atoms with Crippen LogP contribution in [0.4, 0.5) is 5.69 Å². The Morgan fingerprint density at radius 2 is 1.78 bits per heavy atom. The van der Waals surface area contributed by atoms with Crippen molar-refractivity contribution in [1.29, 1.82) is 0 Å². The van der Waals surface area contributed by atoms with Gasteiger partial charge in [0.05, 0.1) is 6.10 Å². The van der Waals surface area contributed by atoms with Crippen LogP contribution in [0.25, 0.3) is 0 Å². The number of hydrogen-bond acceptors (Lipinski definition) is 3. The van der Waals surface area contributed by atoms with Gasteiger partial charge in [-0.1, -0.05) is 19.3 Å². The second-order valence-electron chi connectivity index (χ2n) is 5.36. The van der Waals surface area contributed by atoms with Crippen molar-refractivity contribution >= 4 is 5.69 Å². The first-order valence-electron chi connectivity index (χ1n) is 6.85. The molecule has 0 radical (unpaired) electrons. The molecular formula is C15H23NO2. The van der Waals surface area contributed by atoms with E-state index in [1.54, 1.807) is 12.1 Å². The summed E-state index contributed by atoms with van der Waals surface area (Å²) in [5, 5.41) is 19.4.